The van der Waals surface area contributed by atoms with Crippen LogP contribution in [0.4, 0.5) is 0 Å². The number of halogens is 1. The molecule has 1 atom stereocenters. The van der Waals surface area contributed by atoms with E-state index in [9.17, 15) is 9.59 Å². The fourth-order valence-corrected chi connectivity index (χ4v) is 0.848. The average molecular weight is 145 g/mol. The van der Waals surface area contributed by atoms with E-state index in [4.69, 9.17) is 11.6 Å². The minimum absolute atomic E-state index is 0.478. The third-order valence-electron chi connectivity index (χ3n) is 1.14. The molecule has 9 heavy (non-hydrogen) atoms. The number of Topliss-reactive ketones (excluding diaryl/α,β-unsaturated/α-hetero) is 1. The lowest BCUT2D eigenvalue weighted by atomic mass is 10.1. The summed E-state index contributed by atoms with van der Waals surface area (Å²) in [6.45, 7) is 0. The fraction of sp³-hybridized carbons (Fsp3) is 0.333. The Morgan fingerprint density at radius 1 is 1.56 bits per heavy atom. The van der Waals surface area contributed by atoms with Crippen LogP contribution in [0, 0.1) is 0 Å². The second-order valence-corrected chi connectivity index (χ2v) is 2.36. The number of ketones is 2. The van der Waals surface area contributed by atoms with Crippen molar-refractivity contribution in [2.24, 2.45) is 0 Å². The van der Waals surface area contributed by atoms with Crippen LogP contribution in [0.1, 0.15) is 6.42 Å². The highest BCUT2D eigenvalue weighted by Crippen LogP contribution is 2.10. The van der Waals surface area contributed by atoms with Gasteiger partial charge in [-0.1, -0.05) is 6.08 Å². The first-order chi connectivity index (χ1) is 4.22. The largest absolute Gasteiger partial charge is 0.289 e. The van der Waals surface area contributed by atoms with E-state index < -0.39 is 16.9 Å². The SMILES string of the molecule is O=C1C=CCC(Cl)C1=O. The first kappa shape index (κ1) is 6.49. The number of allylic oxidation sites excluding steroid dienone is 2. The summed E-state index contributed by atoms with van der Waals surface area (Å²) < 4.78 is 0. The zero-order chi connectivity index (χ0) is 6.85. The Morgan fingerprint density at radius 2 is 2.22 bits per heavy atom. The van der Waals surface area contributed by atoms with E-state index in [-0.39, 0.29) is 0 Å². The van der Waals surface area contributed by atoms with E-state index >= 15 is 0 Å². The highest BCUT2D eigenvalue weighted by Gasteiger charge is 2.22. The van der Waals surface area contributed by atoms with Gasteiger partial charge in [-0.15, -0.1) is 11.6 Å². The fourth-order valence-electron chi connectivity index (χ4n) is 0.638. The van der Waals surface area contributed by atoms with E-state index in [1.54, 1.807) is 6.08 Å². The molecule has 2 nitrogen and oxygen atoms in total. The molecule has 0 bridgehead atoms. The van der Waals surface area contributed by atoms with Gasteiger partial charge < -0.3 is 0 Å². The van der Waals surface area contributed by atoms with Crippen molar-refractivity contribution >= 4 is 23.2 Å². The van der Waals surface area contributed by atoms with Crippen LogP contribution in [-0.2, 0) is 9.59 Å². The summed E-state index contributed by atoms with van der Waals surface area (Å²) in [7, 11) is 0. The van der Waals surface area contributed by atoms with Crippen LogP contribution in [0.25, 0.3) is 0 Å². The van der Waals surface area contributed by atoms with Gasteiger partial charge in [0.25, 0.3) is 0 Å². The molecule has 0 radical (unpaired) electrons. The van der Waals surface area contributed by atoms with Crippen LogP contribution >= 0.6 is 11.6 Å². The molecule has 0 aliphatic heterocycles. The van der Waals surface area contributed by atoms with E-state index in [0.29, 0.717) is 6.42 Å². The number of hydrogen-bond donors (Lipinski definition) is 0. The molecule has 1 unspecified atom stereocenters. The molecule has 0 N–H and O–H groups in total. The number of carbonyl (C=O) groups excluding carboxylic acids is 2. The molecule has 48 valence electrons. The van der Waals surface area contributed by atoms with E-state index in [0.717, 1.165) is 0 Å². The smallest absolute Gasteiger partial charge is 0.222 e. The van der Waals surface area contributed by atoms with E-state index in [1.165, 1.54) is 6.08 Å². The summed E-state index contributed by atoms with van der Waals surface area (Å²) in [4.78, 5) is 21.1. The van der Waals surface area contributed by atoms with Crippen LogP contribution < -0.4 is 0 Å². The van der Waals surface area contributed by atoms with E-state index in [2.05, 4.69) is 0 Å². The van der Waals surface area contributed by atoms with Crippen LogP contribution in [0.3, 0.4) is 0 Å². The number of alkyl halides is 1. The van der Waals surface area contributed by atoms with Gasteiger partial charge in [0.2, 0.25) is 11.6 Å². The Labute approximate surface area is 57.5 Å². The quantitative estimate of drug-likeness (QED) is 0.370. The van der Waals surface area contributed by atoms with Crippen molar-refractivity contribution in [1.29, 1.82) is 0 Å². The third-order valence-corrected chi connectivity index (χ3v) is 1.52. The molecule has 0 fully saturated rings. The number of carbonyl (C=O) groups is 2. The molecule has 0 saturated carbocycles. The Morgan fingerprint density at radius 3 is 2.67 bits per heavy atom. The number of rotatable bonds is 0. The summed E-state index contributed by atoms with van der Waals surface area (Å²) in [5.41, 5.74) is 0. The Kier molecular flexibility index (Phi) is 1.67. The van der Waals surface area contributed by atoms with Gasteiger partial charge in [-0.05, 0) is 12.5 Å². The minimum atomic E-state index is -0.623. The topological polar surface area (TPSA) is 34.1 Å². The molecule has 0 aromatic rings. The summed E-state index contributed by atoms with van der Waals surface area (Å²) in [6, 6.07) is 0. The van der Waals surface area contributed by atoms with Crippen LogP contribution in [0.2, 0.25) is 0 Å². The molecule has 0 aromatic carbocycles. The molecule has 0 heterocycles. The first-order valence-electron chi connectivity index (χ1n) is 2.60. The van der Waals surface area contributed by atoms with Gasteiger partial charge in [-0.25, -0.2) is 0 Å². The Hall–Kier alpha value is -0.630. The summed E-state index contributed by atoms with van der Waals surface area (Å²) in [5.74, 6) is -0.972. The second-order valence-electron chi connectivity index (χ2n) is 1.83. The van der Waals surface area contributed by atoms with E-state index in [1.807, 2.05) is 0 Å². The second kappa shape index (κ2) is 2.31. The van der Waals surface area contributed by atoms with Crippen molar-refractivity contribution in [3.63, 3.8) is 0 Å². The van der Waals surface area contributed by atoms with Crippen molar-refractivity contribution in [3.8, 4) is 0 Å². The average Bonchev–Trinajstić information content (AvgIpc) is 1.83. The standard InChI is InChI=1S/C6H5ClO2/c7-4-2-1-3-5(8)6(4)9/h1,3-4H,2H2. The molecule has 1 rings (SSSR count). The van der Waals surface area contributed by atoms with Crippen LogP contribution in [0.15, 0.2) is 12.2 Å². The molecular formula is C6H5ClO2. The zero-order valence-electron chi connectivity index (χ0n) is 4.63. The molecular weight excluding hydrogens is 140 g/mol. The lowest BCUT2D eigenvalue weighted by Gasteiger charge is -2.05. The van der Waals surface area contributed by atoms with Gasteiger partial charge >= 0.3 is 0 Å². The molecule has 0 saturated heterocycles. The van der Waals surface area contributed by atoms with Gasteiger partial charge in [0.15, 0.2) is 0 Å². The van der Waals surface area contributed by atoms with Gasteiger partial charge in [-0.2, -0.15) is 0 Å². The predicted octanol–water partition coefficient (Wildman–Crippen LogP) is 0.692. The third kappa shape index (κ3) is 1.19. The maximum absolute atomic E-state index is 10.6. The van der Waals surface area contributed by atoms with Crippen LogP contribution in [-0.4, -0.2) is 16.9 Å². The lowest BCUT2D eigenvalue weighted by Crippen LogP contribution is -2.25. The highest BCUT2D eigenvalue weighted by molar-refractivity contribution is 6.52. The Bertz CT molecular complexity index is 183. The van der Waals surface area contributed by atoms with Crippen molar-refractivity contribution in [2.75, 3.05) is 0 Å². The molecule has 0 aromatic heterocycles. The van der Waals surface area contributed by atoms with Crippen molar-refractivity contribution < 1.29 is 9.59 Å². The molecule has 1 aliphatic rings. The molecule has 0 amide bonds. The summed E-state index contributed by atoms with van der Waals surface area (Å²) >= 11 is 5.44. The molecule has 0 spiro atoms. The summed E-state index contributed by atoms with van der Waals surface area (Å²) in [5, 5.41) is -0.623. The van der Waals surface area contributed by atoms with Gasteiger partial charge in [-0.3, -0.25) is 9.59 Å². The number of hydrogen-bond acceptors (Lipinski definition) is 2. The Balaban J connectivity index is 2.81. The maximum Gasteiger partial charge on any atom is 0.222 e. The van der Waals surface area contributed by atoms with Crippen molar-refractivity contribution in [1.82, 2.24) is 0 Å². The zero-order valence-corrected chi connectivity index (χ0v) is 5.39. The predicted molar refractivity (Wildman–Crippen MR) is 33.4 cm³/mol. The molecule has 1 aliphatic carbocycles. The van der Waals surface area contributed by atoms with Gasteiger partial charge in [0.1, 0.15) is 5.38 Å². The summed E-state index contributed by atoms with van der Waals surface area (Å²) in [6.07, 6.45) is 3.36. The highest BCUT2D eigenvalue weighted by atomic mass is 35.5. The van der Waals surface area contributed by atoms with Gasteiger partial charge in [0.05, 0.1) is 0 Å². The van der Waals surface area contributed by atoms with Crippen molar-refractivity contribution in [2.45, 2.75) is 11.8 Å². The molecule has 3 heteroatoms. The lowest BCUT2D eigenvalue weighted by molar-refractivity contribution is -0.133. The maximum atomic E-state index is 10.6. The van der Waals surface area contributed by atoms with Gasteiger partial charge in [0, 0.05) is 0 Å². The first-order valence-corrected chi connectivity index (χ1v) is 3.04. The minimum Gasteiger partial charge on any atom is -0.289 e. The monoisotopic (exact) mass is 144 g/mol. The normalized spacial score (nSPS) is 27.0. The van der Waals surface area contributed by atoms with Crippen LogP contribution in [0.5, 0.6) is 0 Å². The van der Waals surface area contributed by atoms with Crippen molar-refractivity contribution in [3.05, 3.63) is 12.2 Å².